The molecule has 144 valence electrons. The molecule has 7 nitrogen and oxygen atoms in total. The molecule has 2 aromatic heterocycles. The van der Waals surface area contributed by atoms with E-state index in [1.807, 2.05) is 32.0 Å². The Labute approximate surface area is 170 Å². The third kappa shape index (κ3) is 3.52. The molecule has 0 unspecified atom stereocenters. The van der Waals surface area contributed by atoms with Gasteiger partial charge in [-0.05, 0) is 63.4 Å². The molecule has 8 heteroatoms. The lowest BCUT2D eigenvalue weighted by Gasteiger charge is -2.15. The van der Waals surface area contributed by atoms with Crippen molar-refractivity contribution in [3.63, 3.8) is 0 Å². The van der Waals surface area contributed by atoms with E-state index in [-0.39, 0.29) is 18.0 Å². The summed E-state index contributed by atoms with van der Waals surface area (Å²) < 4.78 is 4.00. The molecule has 0 fully saturated rings. The standard InChI is InChI=1S/C20H20BrN5O2/c1-12-10-13(2)26(24-12)20-23-17-5-3-4-16(17)19(28)25(20)11-18(27)22-15-8-6-14(21)7-9-15/h6-10H,3-5,11H2,1-2H3,(H,22,27). The third-order valence-corrected chi connectivity index (χ3v) is 5.33. The van der Waals surface area contributed by atoms with Crippen molar-refractivity contribution in [1.29, 1.82) is 0 Å². The van der Waals surface area contributed by atoms with E-state index in [0.29, 0.717) is 23.6 Å². The quantitative estimate of drug-likeness (QED) is 0.674. The van der Waals surface area contributed by atoms with Crippen molar-refractivity contribution in [3.8, 4) is 5.95 Å². The summed E-state index contributed by atoms with van der Waals surface area (Å²) in [5.74, 6) is 0.106. The van der Waals surface area contributed by atoms with Gasteiger partial charge in [0.25, 0.3) is 5.56 Å². The van der Waals surface area contributed by atoms with Gasteiger partial charge >= 0.3 is 0 Å². The smallest absolute Gasteiger partial charge is 0.258 e. The summed E-state index contributed by atoms with van der Waals surface area (Å²) in [5.41, 5.74) is 3.74. The maximum atomic E-state index is 13.1. The first kappa shape index (κ1) is 18.6. The number of amides is 1. The fraction of sp³-hybridized carbons (Fsp3) is 0.300. The maximum Gasteiger partial charge on any atom is 0.258 e. The molecule has 0 saturated carbocycles. The lowest BCUT2D eigenvalue weighted by atomic mass is 10.2. The molecule has 0 spiro atoms. The van der Waals surface area contributed by atoms with Gasteiger partial charge in [-0.25, -0.2) is 9.67 Å². The normalized spacial score (nSPS) is 12.8. The van der Waals surface area contributed by atoms with Gasteiger partial charge in [-0.15, -0.1) is 0 Å². The molecular weight excluding hydrogens is 422 g/mol. The van der Waals surface area contributed by atoms with Crippen LogP contribution in [0.2, 0.25) is 0 Å². The van der Waals surface area contributed by atoms with Crippen molar-refractivity contribution in [2.24, 2.45) is 0 Å². The van der Waals surface area contributed by atoms with Gasteiger partial charge in [0.15, 0.2) is 0 Å². The lowest BCUT2D eigenvalue weighted by Crippen LogP contribution is -2.34. The fourth-order valence-electron chi connectivity index (χ4n) is 3.53. The highest BCUT2D eigenvalue weighted by molar-refractivity contribution is 9.10. The van der Waals surface area contributed by atoms with Crippen LogP contribution in [0.5, 0.6) is 0 Å². The van der Waals surface area contributed by atoms with Crippen molar-refractivity contribution < 1.29 is 4.79 Å². The molecule has 28 heavy (non-hydrogen) atoms. The summed E-state index contributed by atoms with van der Waals surface area (Å²) in [5, 5.41) is 7.30. The van der Waals surface area contributed by atoms with Gasteiger partial charge in [-0.3, -0.25) is 14.2 Å². The SMILES string of the molecule is Cc1cc(C)n(-c2nc3c(c(=O)n2CC(=O)Nc2ccc(Br)cc2)CCC3)n1. The van der Waals surface area contributed by atoms with Crippen molar-refractivity contribution in [1.82, 2.24) is 19.3 Å². The zero-order valence-electron chi connectivity index (χ0n) is 15.7. The van der Waals surface area contributed by atoms with Crippen molar-refractivity contribution >= 4 is 27.5 Å². The van der Waals surface area contributed by atoms with E-state index in [9.17, 15) is 9.59 Å². The minimum atomic E-state index is -0.285. The summed E-state index contributed by atoms with van der Waals surface area (Å²) in [6.45, 7) is 3.67. The molecule has 1 aliphatic rings. The number of carbonyl (C=O) groups excluding carboxylic acids is 1. The molecule has 1 aromatic carbocycles. The van der Waals surface area contributed by atoms with Gasteiger partial charge in [-0.2, -0.15) is 5.10 Å². The average Bonchev–Trinajstić information content (AvgIpc) is 3.25. The van der Waals surface area contributed by atoms with Crippen LogP contribution in [0.1, 0.15) is 29.1 Å². The molecule has 1 N–H and O–H groups in total. The number of fused-ring (bicyclic) bond motifs is 1. The minimum Gasteiger partial charge on any atom is -0.325 e. The topological polar surface area (TPSA) is 81.8 Å². The number of benzene rings is 1. The van der Waals surface area contributed by atoms with Crippen LogP contribution in [-0.2, 0) is 24.2 Å². The van der Waals surface area contributed by atoms with Gasteiger partial charge in [0.2, 0.25) is 11.9 Å². The van der Waals surface area contributed by atoms with Crippen LogP contribution in [0.3, 0.4) is 0 Å². The second-order valence-corrected chi connectivity index (χ2v) is 7.89. The van der Waals surface area contributed by atoms with Crippen LogP contribution in [0.25, 0.3) is 5.95 Å². The van der Waals surface area contributed by atoms with Crippen LogP contribution >= 0.6 is 15.9 Å². The van der Waals surface area contributed by atoms with E-state index in [1.165, 1.54) is 4.57 Å². The Balaban J connectivity index is 1.73. The molecule has 0 radical (unpaired) electrons. The van der Waals surface area contributed by atoms with Crippen LogP contribution in [-0.4, -0.2) is 25.2 Å². The van der Waals surface area contributed by atoms with Crippen molar-refractivity contribution in [2.75, 3.05) is 5.32 Å². The predicted octanol–water partition coefficient (Wildman–Crippen LogP) is 2.94. The Hall–Kier alpha value is -2.74. The highest BCUT2D eigenvalue weighted by Gasteiger charge is 2.23. The van der Waals surface area contributed by atoms with Crippen LogP contribution in [0.15, 0.2) is 39.6 Å². The summed E-state index contributed by atoms with van der Waals surface area (Å²) in [6, 6.07) is 9.22. The Morgan fingerprint density at radius 1 is 1.21 bits per heavy atom. The van der Waals surface area contributed by atoms with E-state index >= 15 is 0 Å². The van der Waals surface area contributed by atoms with Crippen LogP contribution in [0.4, 0.5) is 5.69 Å². The number of halogens is 1. The van der Waals surface area contributed by atoms with E-state index in [0.717, 1.165) is 34.4 Å². The van der Waals surface area contributed by atoms with E-state index in [2.05, 4.69) is 26.3 Å². The second-order valence-electron chi connectivity index (χ2n) is 6.98. The average molecular weight is 442 g/mol. The molecule has 0 saturated heterocycles. The zero-order valence-corrected chi connectivity index (χ0v) is 17.3. The summed E-state index contributed by atoms with van der Waals surface area (Å²) in [4.78, 5) is 30.5. The molecule has 3 aromatic rings. The number of anilines is 1. The van der Waals surface area contributed by atoms with Gasteiger partial charge in [0.1, 0.15) is 6.54 Å². The first-order valence-electron chi connectivity index (χ1n) is 9.14. The first-order chi connectivity index (χ1) is 13.4. The number of aromatic nitrogens is 4. The predicted molar refractivity (Wildman–Crippen MR) is 110 cm³/mol. The number of nitrogens with zero attached hydrogens (tertiary/aromatic N) is 4. The molecule has 4 rings (SSSR count). The number of rotatable bonds is 4. The van der Waals surface area contributed by atoms with E-state index < -0.39 is 0 Å². The monoisotopic (exact) mass is 441 g/mol. The molecule has 0 bridgehead atoms. The molecule has 1 aliphatic carbocycles. The maximum absolute atomic E-state index is 13.1. The number of hydrogen-bond acceptors (Lipinski definition) is 4. The van der Waals surface area contributed by atoms with Crippen molar-refractivity contribution in [2.45, 2.75) is 39.7 Å². The van der Waals surface area contributed by atoms with Crippen LogP contribution in [0, 0.1) is 13.8 Å². The highest BCUT2D eigenvalue weighted by Crippen LogP contribution is 2.19. The summed E-state index contributed by atoms with van der Waals surface area (Å²) >= 11 is 3.37. The molecule has 0 aliphatic heterocycles. The largest absolute Gasteiger partial charge is 0.325 e. The molecule has 1 amide bonds. The number of hydrogen-bond donors (Lipinski definition) is 1. The Morgan fingerprint density at radius 2 is 1.96 bits per heavy atom. The number of nitrogens with one attached hydrogen (secondary N) is 1. The van der Waals surface area contributed by atoms with Gasteiger partial charge in [-0.1, -0.05) is 15.9 Å². The molecular formula is C20H20BrN5O2. The van der Waals surface area contributed by atoms with Gasteiger partial charge in [0, 0.05) is 21.4 Å². The zero-order chi connectivity index (χ0) is 19.8. The number of aryl methyl sites for hydroxylation is 3. The first-order valence-corrected chi connectivity index (χ1v) is 9.93. The third-order valence-electron chi connectivity index (χ3n) is 4.80. The minimum absolute atomic E-state index is 0.122. The van der Waals surface area contributed by atoms with E-state index in [4.69, 9.17) is 4.98 Å². The van der Waals surface area contributed by atoms with Gasteiger partial charge < -0.3 is 5.32 Å². The Kier molecular flexibility index (Phi) is 4.89. The van der Waals surface area contributed by atoms with Gasteiger partial charge in [0.05, 0.1) is 11.4 Å². The highest BCUT2D eigenvalue weighted by atomic mass is 79.9. The van der Waals surface area contributed by atoms with E-state index in [1.54, 1.807) is 16.8 Å². The molecule has 2 heterocycles. The van der Waals surface area contributed by atoms with Crippen LogP contribution < -0.4 is 10.9 Å². The second kappa shape index (κ2) is 7.35. The Morgan fingerprint density at radius 3 is 2.64 bits per heavy atom. The fourth-order valence-corrected chi connectivity index (χ4v) is 3.79. The summed E-state index contributed by atoms with van der Waals surface area (Å²) in [6.07, 6.45) is 2.39. The van der Waals surface area contributed by atoms with Crippen molar-refractivity contribution in [3.05, 3.63) is 67.8 Å². The summed E-state index contributed by atoms with van der Waals surface area (Å²) in [7, 11) is 0. The number of carbonyl (C=O) groups is 1. The molecule has 0 atom stereocenters. The Bertz CT molecular complexity index is 1110. The lowest BCUT2D eigenvalue weighted by molar-refractivity contribution is -0.116.